The summed E-state index contributed by atoms with van der Waals surface area (Å²) in [6.45, 7) is 2.07. The Morgan fingerprint density at radius 1 is 1.32 bits per heavy atom. The van der Waals surface area contributed by atoms with Crippen LogP contribution in [0.3, 0.4) is 0 Å². The summed E-state index contributed by atoms with van der Waals surface area (Å²) < 4.78 is 10.3. The summed E-state index contributed by atoms with van der Waals surface area (Å²) in [7, 11) is 1.60. The summed E-state index contributed by atoms with van der Waals surface area (Å²) in [5.74, 6) is 0.372. The van der Waals surface area contributed by atoms with E-state index in [9.17, 15) is 9.59 Å². The van der Waals surface area contributed by atoms with E-state index >= 15 is 0 Å². The number of rotatable bonds is 7. The maximum absolute atomic E-state index is 12.4. The third-order valence-corrected chi connectivity index (χ3v) is 4.27. The Labute approximate surface area is 131 Å². The zero-order valence-corrected chi connectivity index (χ0v) is 13.1. The molecule has 0 spiro atoms. The largest absolute Gasteiger partial charge is 0.497 e. The number of hydrogen-bond donors (Lipinski definition) is 1. The molecule has 1 aliphatic rings. The third kappa shape index (κ3) is 3.40. The summed E-state index contributed by atoms with van der Waals surface area (Å²) in [6, 6.07) is 6.64. The fourth-order valence-electron chi connectivity index (χ4n) is 3.02. The van der Waals surface area contributed by atoms with Crippen LogP contribution in [-0.4, -0.2) is 32.0 Å². The molecule has 0 heterocycles. The van der Waals surface area contributed by atoms with Crippen LogP contribution in [0.4, 0.5) is 5.69 Å². The third-order valence-electron chi connectivity index (χ3n) is 4.27. The van der Waals surface area contributed by atoms with Gasteiger partial charge in [-0.3, -0.25) is 0 Å². The molecular weight excluding hydrogens is 282 g/mol. The van der Waals surface area contributed by atoms with Gasteiger partial charge in [0.05, 0.1) is 19.1 Å². The molecule has 1 aliphatic carbocycles. The Kier molecular flexibility index (Phi) is 5.41. The van der Waals surface area contributed by atoms with E-state index in [1.165, 1.54) is 0 Å². The van der Waals surface area contributed by atoms with Gasteiger partial charge in [-0.2, -0.15) is 0 Å². The van der Waals surface area contributed by atoms with Crippen LogP contribution in [0.1, 0.15) is 32.6 Å². The summed E-state index contributed by atoms with van der Waals surface area (Å²) in [5.41, 5.74) is 0.0959. The van der Waals surface area contributed by atoms with Crippen LogP contribution in [0.5, 0.6) is 5.75 Å². The predicted octanol–water partition coefficient (Wildman–Crippen LogP) is 2.80. The molecule has 5 heteroatoms. The molecule has 22 heavy (non-hydrogen) atoms. The number of methoxy groups -OCH3 is 1. The van der Waals surface area contributed by atoms with Crippen molar-refractivity contribution in [3.8, 4) is 5.75 Å². The highest BCUT2D eigenvalue weighted by atomic mass is 16.5. The Morgan fingerprint density at radius 3 is 2.45 bits per heavy atom. The van der Waals surface area contributed by atoms with Crippen molar-refractivity contribution in [2.45, 2.75) is 38.6 Å². The van der Waals surface area contributed by atoms with Crippen molar-refractivity contribution in [3.05, 3.63) is 24.3 Å². The molecule has 0 saturated heterocycles. The fourth-order valence-corrected chi connectivity index (χ4v) is 3.02. The first kappa shape index (κ1) is 16.3. The van der Waals surface area contributed by atoms with E-state index in [0.717, 1.165) is 30.6 Å². The fraction of sp³-hybridized carbons (Fsp3) is 0.529. The number of anilines is 1. The minimum absolute atomic E-state index is 0.300. The van der Waals surface area contributed by atoms with Crippen molar-refractivity contribution in [2.24, 2.45) is 5.41 Å². The summed E-state index contributed by atoms with van der Waals surface area (Å²) in [5, 5.41) is 3.19. The Morgan fingerprint density at radius 2 is 1.95 bits per heavy atom. The van der Waals surface area contributed by atoms with Gasteiger partial charge in [-0.05, 0) is 44.0 Å². The van der Waals surface area contributed by atoms with E-state index < -0.39 is 11.5 Å². The maximum atomic E-state index is 12.4. The smallest absolute Gasteiger partial charge is 0.329 e. The van der Waals surface area contributed by atoms with E-state index in [1.807, 2.05) is 24.3 Å². The van der Waals surface area contributed by atoms with E-state index in [-0.39, 0.29) is 5.97 Å². The van der Waals surface area contributed by atoms with Crippen LogP contribution >= 0.6 is 0 Å². The minimum Gasteiger partial charge on any atom is -0.497 e. The first-order valence-electron chi connectivity index (χ1n) is 7.69. The number of hydrogen-bond acceptors (Lipinski definition) is 5. The van der Waals surface area contributed by atoms with Crippen molar-refractivity contribution in [3.63, 3.8) is 0 Å². The quantitative estimate of drug-likeness (QED) is 0.620. The zero-order valence-electron chi connectivity index (χ0n) is 13.1. The second kappa shape index (κ2) is 7.29. The highest BCUT2D eigenvalue weighted by molar-refractivity contribution is 5.85. The highest BCUT2D eigenvalue weighted by Crippen LogP contribution is 2.41. The van der Waals surface area contributed by atoms with Crippen LogP contribution in [0, 0.1) is 5.41 Å². The molecule has 1 saturated carbocycles. The summed E-state index contributed by atoms with van der Waals surface area (Å²) >= 11 is 0. The number of nitrogens with one attached hydrogen (secondary N) is 1. The predicted molar refractivity (Wildman–Crippen MR) is 84.0 cm³/mol. The van der Waals surface area contributed by atoms with Gasteiger partial charge in [-0.15, -0.1) is 0 Å². The Bertz CT molecular complexity index is 506. The summed E-state index contributed by atoms with van der Waals surface area (Å²) in [4.78, 5) is 24.1. The molecule has 1 atom stereocenters. The molecule has 0 bridgehead atoms. The number of carbonyl (C=O) groups excluding carboxylic acids is 2. The van der Waals surface area contributed by atoms with Crippen LogP contribution in [0.15, 0.2) is 24.3 Å². The number of esters is 1. The second-order valence-electron chi connectivity index (χ2n) is 5.62. The molecule has 1 N–H and O–H groups in total. The minimum atomic E-state index is -0.674. The van der Waals surface area contributed by atoms with E-state index in [2.05, 4.69) is 5.32 Å². The highest BCUT2D eigenvalue weighted by Gasteiger charge is 2.46. The van der Waals surface area contributed by atoms with Gasteiger partial charge in [0.1, 0.15) is 18.1 Å². The van der Waals surface area contributed by atoms with Crippen LogP contribution < -0.4 is 10.1 Å². The molecule has 0 radical (unpaired) electrons. The van der Waals surface area contributed by atoms with Gasteiger partial charge in [0.25, 0.3) is 0 Å². The van der Waals surface area contributed by atoms with Gasteiger partial charge < -0.3 is 19.6 Å². The average molecular weight is 305 g/mol. The number of ether oxygens (including phenoxy) is 2. The molecule has 1 aromatic carbocycles. The van der Waals surface area contributed by atoms with Gasteiger partial charge in [0, 0.05) is 5.69 Å². The average Bonchev–Trinajstić information content (AvgIpc) is 3.03. The topological polar surface area (TPSA) is 64.6 Å². The van der Waals surface area contributed by atoms with Crippen molar-refractivity contribution in [1.82, 2.24) is 0 Å². The molecule has 0 unspecified atom stereocenters. The van der Waals surface area contributed by atoms with Crippen LogP contribution in [0.25, 0.3) is 0 Å². The standard InChI is InChI=1S/C17H23NO4/c1-3-22-16(20)15(17(12-19)10-4-5-11-17)18-13-6-8-14(21-2)9-7-13/h6-9,12,15,18H,3-5,10-11H2,1-2H3/t15-/m1/s1. The molecular formula is C17H23NO4. The van der Waals surface area contributed by atoms with Gasteiger partial charge in [-0.1, -0.05) is 12.8 Å². The number of aldehydes is 1. The first-order valence-corrected chi connectivity index (χ1v) is 7.69. The molecule has 1 fully saturated rings. The van der Waals surface area contributed by atoms with Crippen LogP contribution in [0.2, 0.25) is 0 Å². The molecule has 2 rings (SSSR count). The number of benzene rings is 1. The van der Waals surface area contributed by atoms with E-state index in [0.29, 0.717) is 19.4 Å². The molecule has 0 aromatic heterocycles. The summed E-state index contributed by atoms with van der Waals surface area (Å²) in [6.07, 6.45) is 4.27. The second-order valence-corrected chi connectivity index (χ2v) is 5.62. The Balaban J connectivity index is 2.23. The lowest BCUT2D eigenvalue weighted by atomic mass is 9.79. The zero-order chi connectivity index (χ0) is 16.0. The van der Waals surface area contributed by atoms with Gasteiger partial charge in [0.2, 0.25) is 0 Å². The molecule has 120 valence electrons. The Hall–Kier alpha value is -2.04. The molecule has 1 aromatic rings. The lowest BCUT2D eigenvalue weighted by Gasteiger charge is -2.32. The van der Waals surface area contributed by atoms with Gasteiger partial charge >= 0.3 is 5.97 Å². The van der Waals surface area contributed by atoms with E-state index in [4.69, 9.17) is 9.47 Å². The van der Waals surface area contributed by atoms with Gasteiger partial charge in [-0.25, -0.2) is 4.79 Å². The SMILES string of the molecule is CCOC(=O)[C@@H](Nc1ccc(OC)cc1)C1(C=O)CCCC1. The van der Waals surface area contributed by atoms with Crippen molar-refractivity contribution < 1.29 is 19.1 Å². The monoisotopic (exact) mass is 305 g/mol. The molecule has 0 aliphatic heterocycles. The molecule has 5 nitrogen and oxygen atoms in total. The maximum Gasteiger partial charge on any atom is 0.329 e. The lowest BCUT2D eigenvalue weighted by molar-refractivity contribution is -0.148. The number of carbonyl (C=O) groups is 2. The molecule has 0 amide bonds. The van der Waals surface area contributed by atoms with Crippen molar-refractivity contribution in [2.75, 3.05) is 19.0 Å². The lowest BCUT2D eigenvalue weighted by Crippen LogP contribution is -2.46. The van der Waals surface area contributed by atoms with Crippen molar-refractivity contribution >= 4 is 17.9 Å². The first-order chi connectivity index (χ1) is 10.6. The van der Waals surface area contributed by atoms with E-state index in [1.54, 1.807) is 14.0 Å². The van der Waals surface area contributed by atoms with Crippen molar-refractivity contribution in [1.29, 1.82) is 0 Å². The van der Waals surface area contributed by atoms with Gasteiger partial charge in [0.15, 0.2) is 0 Å². The van der Waals surface area contributed by atoms with Crippen LogP contribution in [-0.2, 0) is 14.3 Å². The normalized spacial score (nSPS) is 17.5.